The number of hydrogen-bond donors (Lipinski definition) is 1. The van der Waals surface area contributed by atoms with Crippen LogP contribution in [0.1, 0.15) is 53.4 Å². The second kappa shape index (κ2) is 5.52. The molecule has 0 bridgehead atoms. The monoisotopic (exact) mass is 240 g/mol. The number of carbonyl (C=O) groups excluding carboxylic acids is 2. The van der Waals surface area contributed by atoms with Crippen molar-refractivity contribution < 1.29 is 9.59 Å². The lowest BCUT2D eigenvalue weighted by Crippen LogP contribution is -2.64. The van der Waals surface area contributed by atoms with E-state index >= 15 is 0 Å². The summed E-state index contributed by atoms with van der Waals surface area (Å²) in [6.07, 6.45) is 3.36. The molecular formula is C13H24N2O2. The van der Waals surface area contributed by atoms with Gasteiger partial charge in [0, 0.05) is 5.54 Å². The van der Waals surface area contributed by atoms with Crippen LogP contribution in [0.15, 0.2) is 0 Å². The van der Waals surface area contributed by atoms with Gasteiger partial charge in [0.25, 0.3) is 0 Å². The summed E-state index contributed by atoms with van der Waals surface area (Å²) in [6.45, 7) is 8.41. The first kappa shape index (κ1) is 14.0. The van der Waals surface area contributed by atoms with E-state index in [1.807, 2.05) is 6.92 Å². The van der Waals surface area contributed by atoms with Crippen LogP contribution in [-0.4, -0.2) is 34.8 Å². The van der Waals surface area contributed by atoms with Crippen LogP contribution in [0.4, 0.5) is 0 Å². The standard InChI is InChI=1S/C13H24N2O2/c1-5-10-12(17)15(9-11(16)14-10)13(6-2,7-3)8-4/h10H,5-9H2,1-4H3,(H,14,16). The van der Waals surface area contributed by atoms with Crippen molar-refractivity contribution in [2.45, 2.75) is 65.0 Å². The Bertz CT molecular complexity index is 290. The van der Waals surface area contributed by atoms with E-state index in [0.29, 0.717) is 6.42 Å². The van der Waals surface area contributed by atoms with E-state index in [1.165, 1.54) is 0 Å². The van der Waals surface area contributed by atoms with E-state index < -0.39 is 0 Å². The molecule has 0 aromatic carbocycles. The van der Waals surface area contributed by atoms with Crippen LogP contribution in [-0.2, 0) is 9.59 Å². The van der Waals surface area contributed by atoms with Crippen molar-refractivity contribution in [3.05, 3.63) is 0 Å². The van der Waals surface area contributed by atoms with Gasteiger partial charge in [-0.1, -0.05) is 27.7 Å². The Morgan fingerprint density at radius 1 is 1.18 bits per heavy atom. The normalized spacial score (nSPS) is 21.6. The van der Waals surface area contributed by atoms with Crippen molar-refractivity contribution in [3.63, 3.8) is 0 Å². The van der Waals surface area contributed by atoms with Crippen molar-refractivity contribution in [1.29, 1.82) is 0 Å². The molecule has 2 amide bonds. The van der Waals surface area contributed by atoms with Gasteiger partial charge in [0.1, 0.15) is 12.6 Å². The Balaban J connectivity index is 3.00. The van der Waals surface area contributed by atoms with Gasteiger partial charge in [0.15, 0.2) is 0 Å². The average molecular weight is 240 g/mol. The molecule has 1 fully saturated rings. The van der Waals surface area contributed by atoms with Crippen LogP contribution in [0, 0.1) is 0 Å². The van der Waals surface area contributed by atoms with E-state index in [4.69, 9.17) is 0 Å². The van der Waals surface area contributed by atoms with Gasteiger partial charge in [-0.15, -0.1) is 0 Å². The van der Waals surface area contributed by atoms with Crippen LogP contribution >= 0.6 is 0 Å². The molecule has 0 saturated carbocycles. The van der Waals surface area contributed by atoms with Crippen molar-refractivity contribution >= 4 is 11.8 Å². The number of rotatable bonds is 5. The summed E-state index contributed by atoms with van der Waals surface area (Å²) >= 11 is 0. The van der Waals surface area contributed by atoms with E-state index in [-0.39, 0.29) is 29.9 Å². The average Bonchev–Trinajstić information content (AvgIpc) is 2.35. The first-order chi connectivity index (χ1) is 8.04. The first-order valence-electron chi connectivity index (χ1n) is 6.65. The van der Waals surface area contributed by atoms with Gasteiger partial charge in [0.05, 0.1) is 0 Å². The molecule has 0 aliphatic carbocycles. The van der Waals surface area contributed by atoms with E-state index in [1.54, 1.807) is 4.90 Å². The minimum absolute atomic E-state index is 0.0313. The SMILES string of the molecule is CCC1NC(=O)CN(C(CC)(CC)CC)C1=O. The van der Waals surface area contributed by atoms with Crippen LogP contribution in [0.25, 0.3) is 0 Å². The van der Waals surface area contributed by atoms with Gasteiger partial charge in [-0.05, 0) is 25.7 Å². The lowest BCUT2D eigenvalue weighted by molar-refractivity contribution is -0.151. The predicted molar refractivity (Wildman–Crippen MR) is 67.5 cm³/mol. The largest absolute Gasteiger partial charge is 0.343 e. The van der Waals surface area contributed by atoms with Gasteiger partial charge in [0.2, 0.25) is 11.8 Å². The fourth-order valence-corrected chi connectivity index (χ4v) is 2.71. The summed E-state index contributed by atoms with van der Waals surface area (Å²) in [4.78, 5) is 25.8. The molecule has 17 heavy (non-hydrogen) atoms. The molecule has 0 aromatic heterocycles. The summed E-state index contributed by atoms with van der Waals surface area (Å²) in [5, 5.41) is 2.76. The molecule has 1 atom stereocenters. The zero-order valence-electron chi connectivity index (χ0n) is 11.4. The summed E-state index contributed by atoms with van der Waals surface area (Å²) in [7, 11) is 0. The van der Waals surface area contributed by atoms with Crippen LogP contribution in [0.5, 0.6) is 0 Å². The molecule has 1 saturated heterocycles. The second-order valence-electron chi connectivity index (χ2n) is 4.74. The quantitative estimate of drug-likeness (QED) is 0.795. The first-order valence-corrected chi connectivity index (χ1v) is 6.65. The predicted octanol–water partition coefficient (Wildman–Crippen LogP) is 1.69. The fraction of sp³-hybridized carbons (Fsp3) is 0.846. The molecule has 0 spiro atoms. The third kappa shape index (κ3) is 2.45. The Kier molecular flexibility index (Phi) is 4.54. The molecule has 0 aromatic rings. The molecule has 1 heterocycles. The van der Waals surface area contributed by atoms with Crippen molar-refractivity contribution in [3.8, 4) is 0 Å². The van der Waals surface area contributed by atoms with Gasteiger partial charge < -0.3 is 10.2 Å². The molecule has 1 unspecified atom stereocenters. The maximum Gasteiger partial charge on any atom is 0.246 e. The van der Waals surface area contributed by atoms with Gasteiger partial charge >= 0.3 is 0 Å². The van der Waals surface area contributed by atoms with Crippen LogP contribution < -0.4 is 5.32 Å². The number of hydrogen-bond acceptors (Lipinski definition) is 2. The molecule has 98 valence electrons. The molecule has 1 rings (SSSR count). The summed E-state index contributed by atoms with van der Waals surface area (Å²) in [5.41, 5.74) is -0.151. The Morgan fingerprint density at radius 3 is 2.12 bits per heavy atom. The van der Waals surface area contributed by atoms with Crippen LogP contribution in [0.3, 0.4) is 0 Å². The lowest BCUT2D eigenvalue weighted by atomic mass is 9.86. The third-order valence-corrected chi connectivity index (χ3v) is 4.16. The Morgan fingerprint density at radius 2 is 1.71 bits per heavy atom. The third-order valence-electron chi connectivity index (χ3n) is 4.16. The number of nitrogens with one attached hydrogen (secondary N) is 1. The Labute approximate surface area is 104 Å². The molecule has 1 aliphatic heterocycles. The van der Waals surface area contributed by atoms with E-state index in [0.717, 1.165) is 19.3 Å². The van der Waals surface area contributed by atoms with Gasteiger partial charge in [-0.2, -0.15) is 0 Å². The van der Waals surface area contributed by atoms with E-state index in [9.17, 15) is 9.59 Å². The molecule has 1 aliphatic rings. The maximum absolute atomic E-state index is 12.3. The summed E-state index contributed by atoms with van der Waals surface area (Å²) < 4.78 is 0. The number of piperazine rings is 1. The maximum atomic E-state index is 12.3. The van der Waals surface area contributed by atoms with E-state index in [2.05, 4.69) is 26.1 Å². The number of nitrogens with zero attached hydrogens (tertiary/aromatic N) is 1. The number of carbonyl (C=O) groups is 2. The van der Waals surface area contributed by atoms with Gasteiger partial charge in [-0.3, -0.25) is 9.59 Å². The minimum atomic E-state index is -0.333. The highest BCUT2D eigenvalue weighted by atomic mass is 16.2. The number of amides is 2. The van der Waals surface area contributed by atoms with Crippen molar-refractivity contribution in [2.75, 3.05) is 6.54 Å². The topological polar surface area (TPSA) is 49.4 Å². The molecule has 4 nitrogen and oxygen atoms in total. The molecule has 1 N–H and O–H groups in total. The zero-order valence-corrected chi connectivity index (χ0v) is 11.4. The van der Waals surface area contributed by atoms with Crippen LogP contribution in [0.2, 0.25) is 0 Å². The van der Waals surface area contributed by atoms with Gasteiger partial charge in [-0.25, -0.2) is 0 Å². The summed E-state index contributed by atoms with van der Waals surface area (Å²) in [6, 6.07) is -0.333. The lowest BCUT2D eigenvalue weighted by Gasteiger charge is -2.46. The highest BCUT2D eigenvalue weighted by Crippen LogP contribution is 2.29. The summed E-state index contributed by atoms with van der Waals surface area (Å²) in [5.74, 6) is 0.0498. The molecular weight excluding hydrogens is 216 g/mol. The fourth-order valence-electron chi connectivity index (χ4n) is 2.71. The minimum Gasteiger partial charge on any atom is -0.343 e. The molecule has 0 radical (unpaired) electrons. The van der Waals surface area contributed by atoms with Crippen molar-refractivity contribution in [1.82, 2.24) is 10.2 Å². The Hall–Kier alpha value is -1.06. The highest BCUT2D eigenvalue weighted by Gasteiger charge is 2.41. The second-order valence-corrected chi connectivity index (χ2v) is 4.74. The highest BCUT2D eigenvalue weighted by molar-refractivity contribution is 5.95. The van der Waals surface area contributed by atoms with Crippen molar-refractivity contribution in [2.24, 2.45) is 0 Å². The molecule has 4 heteroatoms. The zero-order chi connectivity index (χ0) is 13.1. The smallest absolute Gasteiger partial charge is 0.246 e.